The third-order valence-electron chi connectivity index (χ3n) is 3.24. The van der Waals surface area contributed by atoms with Gasteiger partial charge in [-0.25, -0.2) is 0 Å². The van der Waals surface area contributed by atoms with Gasteiger partial charge in [0.25, 0.3) is 0 Å². The molecule has 2 heterocycles. The Morgan fingerprint density at radius 2 is 2.10 bits per heavy atom. The van der Waals surface area contributed by atoms with Crippen LogP contribution in [0, 0.1) is 6.92 Å². The van der Waals surface area contributed by atoms with Crippen LogP contribution in [0.1, 0.15) is 5.56 Å². The van der Waals surface area contributed by atoms with Gasteiger partial charge in [0.1, 0.15) is 5.75 Å². The van der Waals surface area contributed by atoms with Gasteiger partial charge in [-0.3, -0.25) is 5.10 Å². The number of hydrogen-bond donors (Lipinski definition) is 2. The largest absolute Gasteiger partial charge is 0.496 e. The number of H-pyrrole nitrogens is 1. The molecule has 3 N–H and O–H groups in total. The summed E-state index contributed by atoms with van der Waals surface area (Å²) in [5.41, 5.74) is 9.81. The number of rotatable bonds is 3. The number of hydrogen-bond acceptors (Lipinski definition) is 4. The number of aryl methyl sites for hydroxylation is 1. The molecule has 21 heavy (non-hydrogen) atoms. The van der Waals surface area contributed by atoms with Crippen LogP contribution in [0.4, 0.5) is 5.82 Å². The van der Waals surface area contributed by atoms with Crippen LogP contribution in [0.2, 0.25) is 4.34 Å². The predicted octanol–water partition coefficient (Wildman–Crippen LogP) is 4.36. The molecule has 0 amide bonds. The van der Waals surface area contributed by atoms with E-state index in [1.165, 1.54) is 11.3 Å². The molecule has 0 fully saturated rings. The molecule has 0 aliphatic rings. The summed E-state index contributed by atoms with van der Waals surface area (Å²) < 4.78 is 6.18. The first-order chi connectivity index (χ1) is 10.1. The van der Waals surface area contributed by atoms with Crippen molar-refractivity contribution in [3.8, 4) is 27.4 Å². The Hall–Kier alpha value is -1.98. The second kappa shape index (κ2) is 5.42. The van der Waals surface area contributed by atoms with E-state index < -0.39 is 0 Å². The van der Waals surface area contributed by atoms with E-state index in [2.05, 4.69) is 10.2 Å². The van der Waals surface area contributed by atoms with Gasteiger partial charge in [0.15, 0.2) is 5.82 Å². The Balaban J connectivity index is 2.24. The lowest BCUT2D eigenvalue weighted by molar-refractivity contribution is 0.416. The molecule has 108 valence electrons. The van der Waals surface area contributed by atoms with Crippen molar-refractivity contribution < 1.29 is 4.74 Å². The molecule has 0 saturated heterocycles. The molecule has 0 aliphatic heterocycles. The Kier molecular flexibility index (Phi) is 3.61. The number of nitrogens with zero attached hydrogens (tertiary/aromatic N) is 1. The molecule has 6 heteroatoms. The highest BCUT2D eigenvalue weighted by molar-refractivity contribution is 7.19. The molecule has 0 radical (unpaired) electrons. The van der Waals surface area contributed by atoms with Crippen LogP contribution in [0.3, 0.4) is 0 Å². The first-order valence-electron chi connectivity index (χ1n) is 6.34. The van der Waals surface area contributed by atoms with E-state index in [4.69, 9.17) is 22.1 Å². The highest BCUT2D eigenvalue weighted by Crippen LogP contribution is 2.42. The third-order valence-corrected chi connectivity index (χ3v) is 4.49. The number of nitrogens with two attached hydrogens (primary N) is 1. The molecule has 3 rings (SSSR count). The van der Waals surface area contributed by atoms with Gasteiger partial charge in [0.05, 0.1) is 27.6 Å². The number of methoxy groups -OCH3 is 1. The first kappa shape index (κ1) is 14.0. The topological polar surface area (TPSA) is 63.9 Å². The van der Waals surface area contributed by atoms with Crippen LogP contribution in [0.15, 0.2) is 30.3 Å². The molecule has 0 bridgehead atoms. The smallest absolute Gasteiger partial charge is 0.153 e. The number of thiophene rings is 1. The Labute approximate surface area is 131 Å². The Bertz CT molecular complexity index is 794. The zero-order valence-corrected chi connectivity index (χ0v) is 13.2. The summed E-state index contributed by atoms with van der Waals surface area (Å²) in [6.07, 6.45) is 0. The summed E-state index contributed by atoms with van der Waals surface area (Å²) in [6.45, 7) is 2.03. The lowest BCUT2D eigenvalue weighted by Gasteiger charge is -2.10. The number of halogens is 1. The molecule has 0 atom stereocenters. The number of nitrogens with one attached hydrogen (secondary N) is 1. The fourth-order valence-electron chi connectivity index (χ4n) is 2.27. The van der Waals surface area contributed by atoms with Crippen molar-refractivity contribution in [1.82, 2.24) is 10.2 Å². The summed E-state index contributed by atoms with van der Waals surface area (Å²) >= 11 is 7.51. The SMILES string of the molecule is COc1ccc(C)cc1-c1c(N)n[nH]c1-c1ccc(Cl)s1. The number of anilines is 1. The molecule has 0 saturated carbocycles. The number of ether oxygens (including phenoxy) is 1. The lowest BCUT2D eigenvalue weighted by atomic mass is 10.0. The molecular weight excluding hydrogens is 306 g/mol. The molecule has 0 unspecified atom stereocenters. The van der Waals surface area contributed by atoms with Crippen molar-refractivity contribution in [3.05, 3.63) is 40.2 Å². The van der Waals surface area contributed by atoms with Crippen LogP contribution < -0.4 is 10.5 Å². The van der Waals surface area contributed by atoms with E-state index in [0.717, 1.165) is 37.3 Å². The van der Waals surface area contributed by atoms with Crippen LogP contribution in [-0.4, -0.2) is 17.3 Å². The van der Waals surface area contributed by atoms with Gasteiger partial charge in [-0.15, -0.1) is 11.3 Å². The van der Waals surface area contributed by atoms with E-state index in [9.17, 15) is 0 Å². The number of aromatic amines is 1. The maximum absolute atomic E-state index is 6.06. The summed E-state index contributed by atoms with van der Waals surface area (Å²) in [4.78, 5) is 0.989. The monoisotopic (exact) mass is 319 g/mol. The van der Waals surface area contributed by atoms with Gasteiger partial charge in [-0.1, -0.05) is 23.2 Å². The van der Waals surface area contributed by atoms with Crippen molar-refractivity contribution in [2.75, 3.05) is 12.8 Å². The average Bonchev–Trinajstić information content (AvgIpc) is 3.04. The maximum atomic E-state index is 6.06. The zero-order chi connectivity index (χ0) is 15.0. The van der Waals surface area contributed by atoms with Crippen LogP contribution in [-0.2, 0) is 0 Å². The van der Waals surface area contributed by atoms with Gasteiger partial charge in [-0.05, 0) is 31.2 Å². The minimum atomic E-state index is 0.443. The number of aromatic nitrogens is 2. The van der Waals surface area contributed by atoms with Crippen molar-refractivity contribution in [1.29, 1.82) is 0 Å². The summed E-state index contributed by atoms with van der Waals surface area (Å²) in [7, 11) is 1.64. The van der Waals surface area contributed by atoms with Crippen LogP contribution in [0.5, 0.6) is 5.75 Å². The Morgan fingerprint density at radius 1 is 1.29 bits per heavy atom. The Morgan fingerprint density at radius 3 is 2.76 bits per heavy atom. The molecule has 0 aliphatic carbocycles. The van der Waals surface area contributed by atoms with E-state index in [-0.39, 0.29) is 0 Å². The van der Waals surface area contributed by atoms with Gasteiger partial charge >= 0.3 is 0 Å². The second-order valence-corrected chi connectivity index (χ2v) is 6.38. The second-order valence-electron chi connectivity index (χ2n) is 4.67. The van der Waals surface area contributed by atoms with Crippen LogP contribution in [0.25, 0.3) is 21.7 Å². The third kappa shape index (κ3) is 2.50. The highest BCUT2D eigenvalue weighted by Gasteiger charge is 2.19. The fourth-order valence-corrected chi connectivity index (χ4v) is 3.32. The lowest BCUT2D eigenvalue weighted by Crippen LogP contribution is -1.93. The average molecular weight is 320 g/mol. The summed E-state index contributed by atoms with van der Waals surface area (Å²) in [6, 6.07) is 9.78. The molecule has 4 nitrogen and oxygen atoms in total. The maximum Gasteiger partial charge on any atom is 0.153 e. The molecule has 3 aromatic rings. The van der Waals surface area contributed by atoms with E-state index >= 15 is 0 Å². The van der Waals surface area contributed by atoms with Gasteiger partial charge in [0, 0.05) is 5.56 Å². The van der Waals surface area contributed by atoms with Gasteiger partial charge in [-0.2, -0.15) is 5.10 Å². The van der Waals surface area contributed by atoms with Crippen LogP contribution >= 0.6 is 22.9 Å². The first-order valence-corrected chi connectivity index (χ1v) is 7.54. The van der Waals surface area contributed by atoms with Crippen molar-refractivity contribution in [3.63, 3.8) is 0 Å². The quantitative estimate of drug-likeness (QED) is 0.754. The van der Waals surface area contributed by atoms with Crippen molar-refractivity contribution in [2.45, 2.75) is 6.92 Å². The molecule has 2 aromatic heterocycles. The van der Waals surface area contributed by atoms with Crippen molar-refractivity contribution >= 4 is 28.8 Å². The predicted molar refractivity (Wildman–Crippen MR) is 88.0 cm³/mol. The number of benzene rings is 1. The van der Waals surface area contributed by atoms with E-state index in [0.29, 0.717) is 5.82 Å². The highest BCUT2D eigenvalue weighted by atomic mass is 35.5. The number of nitrogen functional groups attached to an aromatic ring is 1. The van der Waals surface area contributed by atoms with E-state index in [1.54, 1.807) is 7.11 Å². The molecular formula is C15H14ClN3OS. The van der Waals surface area contributed by atoms with E-state index in [1.807, 2.05) is 37.3 Å². The zero-order valence-electron chi connectivity index (χ0n) is 11.6. The van der Waals surface area contributed by atoms with Crippen molar-refractivity contribution in [2.24, 2.45) is 0 Å². The summed E-state index contributed by atoms with van der Waals surface area (Å²) in [5.74, 6) is 1.20. The minimum Gasteiger partial charge on any atom is -0.496 e. The van der Waals surface area contributed by atoms with Gasteiger partial charge < -0.3 is 10.5 Å². The molecule has 1 aromatic carbocycles. The standard InChI is InChI=1S/C15H14ClN3OS/c1-8-3-4-10(20-2)9(7-8)13-14(18-19-15(13)17)11-5-6-12(16)21-11/h3-7H,1-2H3,(H3,17,18,19). The summed E-state index contributed by atoms with van der Waals surface area (Å²) in [5, 5.41) is 7.14. The van der Waals surface area contributed by atoms with Gasteiger partial charge in [0.2, 0.25) is 0 Å². The minimum absolute atomic E-state index is 0.443. The fraction of sp³-hybridized carbons (Fsp3) is 0.133. The molecule has 0 spiro atoms. The normalized spacial score (nSPS) is 10.8.